The first kappa shape index (κ1) is 21.3. The number of carbonyl (C=O) groups excluding carboxylic acids is 1. The number of thiazole rings is 1. The number of aryl methyl sites for hydroxylation is 1. The fourth-order valence-corrected chi connectivity index (χ4v) is 5.86. The van der Waals surface area contributed by atoms with Crippen molar-refractivity contribution in [1.29, 1.82) is 0 Å². The van der Waals surface area contributed by atoms with E-state index in [-0.39, 0.29) is 10.8 Å². The maximum absolute atomic E-state index is 12.6. The van der Waals surface area contributed by atoms with E-state index in [2.05, 4.69) is 15.0 Å². The van der Waals surface area contributed by atoms with E-state index in [4.69, 9.17) is 0 Å². The van der Waals surface area contributed by atoms with Crippen LogP contribution in [0, 0.1) is 6.92 Å². The number of amides is 1. The van der Waals surface area contributed by atoms with Gasteiger partial charge >= 0.3 is 0 Å². The molecule has 2 heterocycles. The molecule has 0 aliphatic heterocycles. The van der Waals surface area contributed by atoms with Gasteiger partial charge in [-0.2, -0.15) is 0 Å². The molecule has 7 nitrogen and oxygen atoms in total. The zero-order chi connectivity index (χ0) is 22.2. The second-order valence-corrected chi connectivity index (χ2v) is 10.8. The van der Waals surface area contributed by atoms with Crippen LogP contribution in [-0.4, -0.2) is 33.4 Å². The van der Waals surface area contributed by atoms with Crippen LogP contribution in [-0.2, 0) is 10.0 Å². The molecule has 160 valence electrons. The van der Waals surface area contributed by atoms with E-state index < -0.39 is 10.0 Å². The molecule has 0 saturated carbocycles. The third kappa shape index (κ3) is 4.71. The van der Waals surface area contributed by atoms with Crippen LogP contribution >= 0.6 is 22.7 Å². The third-order valence-corrected chi connectivity index (χ3v) is 8.13. The number of benzene rings is 2. The fraction of sp³-hybridized carbons (Fsp3) is 0.143. The van der Waals surface area contributed by atoms with Gasteiger partial charge in [-0.1, -0.05) is 29.0 Å². The van der Waals surface area contributed by atoms with Gasteiger partial charge in [0.15, 0.2) is 5.13 Å². The quantitative estimate of drug-likeness (QED) is 0.421. The van der Waals surface area contributed by atoms with Crippen LogP contribution in [0.2, 0.25) is 0 Å². The van der Waals surface area contributed by atoms with Gasteiger partial charge in [-0.15, -0.1) is 11.3 Å². The number of fused-ring (bicyclic) bond motifs is 1. The third-order valence-electron chi connectivity index (χ3n) is 4.41. The molecule has 0 radical (unpaired) electrons. The highest BCUT2D eigenvalue weighted by Gasteiger charge is 2.16. The molecule has 4 aromatic rings. The van der Waals surface area contributed by atoms with Crippen molar-refractivity contribution in [3.05, 3.63) is 65.0 Å². The second kappa shape index (κ2) is 8.29. The predicted octanol–water partition coefficient (Wildman–Crippen LogP) is 4.79. The van der Waals surface area contributed by atoms with Gasteiger partial charge in [0.25, 0.3) is 15.9 Å². The average molecular weight is 473 g/mol. The lowest BCUT2D eigenvalue weighted by atomic mass is 10.2. The molecule has 0 atom stereocenters. The summed E-state index contributed by atoms with van der Waals surface area (Å²) in [5.41, 5.74) is 1.97. The number of sulfonamides is 1. The summed E-state index contributed by atoms with van der Waals surface area (Å²) in [6.07, 6.45) is 0. The minimum Gasteiger partial charge on any atom is -0.354 e. The largest absolute Gasteiger partial charge is 0.354 e. The number of hydrogen-bond donors (Lipinski definition) is 2. The van der Waals surface area contributed by atoms with E-state index >= 15 is 0 Å². The number of anilines is 3. The van der Waals surface area contributed by atoms with Crippen molar-refractivity contribution in [1.82, 2.24) is 4.98 Å². The lowest BCUT2D eigenvalue weighted by molar-refractivity contribution is 0.103. The van der Waals surface area contributed by atoms with Crippen molar-refractivity contribution < 1.29 is 13.2 Å². The number of aromatic nitrogens is 1. The second-order valence-electron chi connectivity index (χ2n) is 7.12. The lowest BCUT2D eigenvalue weighted by Crippen LogP contribution is -2.13. The summed E-state index contributed by atoms with van der Waals surface area (Å²) in [5.74, 6) is -0.227. The molecular weight excluding hydrogens is 452 g/mol. The van der Waals surface area contributed by atoms with Crippen LogP contribution < -0.4 is 14.9 Å². The van der Waals surface area contributed by atoms with Crippen LogP contribution in [0.5, 0.6) is 0 Å². The average Bonchev–Trinajstić information content (AvgIpc) is 3.29. The molecule has 0 unspecified atom stereocenters. The van der Waals surface area contributed by atoms with Gasteiger partial charge in [0.05, 0.1) is 14.5 Å². The first-order chi connectivity index (χ1) is 14.7. The lowest BCUT2D eigenvalue weighted by Gasteiger charge is -2.09. The molecule has 31 heavy (non-hydrogen) atoms. The summed E-state index contributed by atoms with van der Waals surface area (Å²) in [5, 5.41) is 3.73. The minimum atomic E-state index is -3.67. The van der Waals surface area contributed by atoms with Crippen LogP contribution in [0.3, 0.4) is 0 Å². The molecule has 0 aliphatic carbocycles. The molecule has 0 spiro atoms. The van der Waals surface area contributed by atoms with Crippen molar-refractivity contribution in [2.24, 2.45) is 0 Å². The molecule has 0 bridgehead atoms. The molecule has 1 amide bonds. The van der Waals surface area contributed by atoms with Crippen LogP contribution in [0.4, 0.5) is 16.5 Å². The smallest absolute Gasteiger partial charge is 0.265 e. The first-order valence-corrected chi connectivity index (χ1v) is 12.4. The summed E-state index contributed by atoms with van der Waals surface area (Å²) in [7, 11) is 0.190. The van der Waals surface area contributed by atoms with Gasteiger partial charge < -0.3 is 10.2 Å². The predicted molar refractivity (Wildman–Crippen MR) is 128 cm³/mol. The van der Waals surface area contributed by atoms with E-state index in [0.717, 1.165) is 20.2 Å². The zero-order valence-corrected chi connectivity index (χ0v) is 19.5. The summed E-state index contributed by atoms with van der Waals surface area (Å²) in [6, 6.07) is 15.0. The number of nitrogens with zero attached hydrogens (tertiary/aromatic N) is 2. The van der Waals surface area contributed by atoms with Crippen molar-refractivity contribution in [2.45, 2.75) is 11.8 Å². The highest BCUT2D eigenvalue weighted by molar-refractivity contribution is 7.92. The van der Waals surface area contributed by atoms with E-state index in [1.54, 1.807) is 48.5 Å². The molecule has 10 heteroatoms. The zero-order valence-electron chi connectivity index (χ0n) is 17.0. The molecule has 0 fully saturated rings. The Balaban J connectivity index is 1.44. The summed E-state index contributed by atoms with van der Waals surface area (Å²) >= 11 is 2.88. The van der Waals surface area contributed by atoms with E-state index in [1.807, 2.05) is 32.0 Å². The molecule has 2 N–H and O–H groups in total. The van der Waals surface area contributed by atoms with Crippen molar-refractivity contribution >= 4 is 64.6 Å². The van der Waals surface area contributed by atoms with Crippen molar-refractivity contribution in [3.8, 4) is 0 Å². The Morgan fingerprint density at radius 2 is 1.61 bits per heavy atom. The van der Waals surface area contributed by atoms with Gasteiger partial charge in [0.2, 0.25) is 0 Å². The Kier molecular flexibility index (Phi) is 5.69. The molecule has 2 aromatic carbocycles. The van der Waals surface area contributed by atoms with Gasteiger partial charge in [0.1, 0.15) is 4.83 Å². The Labute approximate surface area is 188 Å². The topological polar surface area (TPSA) is 91.4 Å². The SMILES string of the molecule is Cc1ccc(S(=O)(=O)Nc2ccc(NC(=O)c3cc4sc(N(C)C)nc4s3)cc2)cc1. The standard InChI is InChI=1S/C21H20N4O3S3/c1-13-4-10-16(11-5-13)31(27,28)24-15-8-6-14(7-9-15)22-19(26)17-12-18-20(29-17)23-21(30-18)25(2)3/h4-12,24H,1-3H3,(H,22,26). The maximum atomic E-state index is 12.6. The summed E-state index contributed by atoms with van der Waals surface area (Å²) in [4.78, 5) is 20.6. The van der Waals surface area contributed by atoms with Gasteiger partial charge in [0, 0.05) is 25.5 Å². The van der Waals surface area contributed by atoms with Crippen molar-refractivity contribution in [2.75, 3.05) is 29.0 Å². The summed E-state index contributed by atoms with van der Waals surface area (Å²) < 4.78 is 28.5. The van der Waals surface area contributed by atoms with E-state index in [0.29, 0.717) is 16.3 Å². The molecule has 4 rings (SSSR count). The van der Waals surface area contributed by atoms with E-state index in [9.17, 15) is 13.2 Å². The minimum absolute atomic E-state index is 0.194. The number of nitrogens with one attached hydrogen (secondary N) is 2. The highest BCUT2D eigenvalue weighted by atomic mass is 32.2. The van der Waals surface area contributed by atoms with Gasteiger partial charge in [-0.25, -0.2) is 13.4 Å². The summed E-state index contributed by atoms with van der Waals surface area (Å²) in [6.45, 7) is 1.90. The number of rotatable bonds is 6. The van der Waals surface area contributed by atoms with Gasteiger partial charge in [-0.05, 0) is 49.4 Å². The number of thiophene rings is 1. The number of hydrogen-bond acceptors (Lipinski definition) is 7. The Morgan fingerprint density at radius 3 is 2.23 bits per heavy atom. The molecule has 2 aromatic heterocycles. The molecule has 0 saturated heterocycles. The molecular formula is C21H20N4O3S3. The maximum Gasteiger partial charge on any atom is 0.265 e. The van der Waals surface area contributed by atoms with Crippen LogP contribution in [0.1, 0.15) is 15.2 Å². The first-order valence-electron chi connectivity index (χ1n) is 9.30. The Bertz CT molecular complexity index is 1310. The van der Waals surface area contributed by atoms with Crippen molar-refractivity contribution in [3.63, 3.8) is 0 Å². The van der Waals surface area contributed by atoms with Gasteiger partial charge in [-0.3, -0.25) is 9.52 Å². The highest BCUT2D eigenvalue weighted by Crippen LogP contribution is 2.34. The van der Waals surface area contributed by atoms with Crippen LogP contribution in [0.15, 0.2) is 59.5 Å². The van der Waals surface area contributed by atoms with Crippen LogP contribution in [0.25, 0.3) is 9.53 Å². The number of carbonyl (C=O) groups is 1. The Morgan fingerprint density at radius 1 is 0.968 bits per heavy atom. The van der Waals surface area contributed by atoms with E-state index in [1.165, 1.54) is 22.7 Å². The monoisotopic (exact) mass is 472 g/mol. The fourth-order valence-electron chi connectivity index (χ4n) is 2.77. The molecule has 0 aliphatic rings. The Hall–Kier alpha value is -2.95. The normalized spacial score (nSPS) is 11.5.